The number of nitrogens with one attached hydrogen (secondary N) is 1. The Labute approximate surface area is 152 Å². The lowest BCUT2D eigenvalue weighted by molar-refractivity contribution is 0.0376. The van der Waals surface area contributed by atoms with Gasteiger partial charge in [0.25, 0.3) is 0 Å². The molecule has 0 amide bonds. The molecule has 6 heteroatoms. The van der Waals surface area contributed by atoms with E-state index in [0.717, 1.165) is 56.0 Å². The predicted molar refractivity (Wildman–Crippen MR) is 102 cm³/mol. The number of nitrogens with zero attached hydrogens (tertiary/aromatic N) is 1. The minimum Gasteiger partial charge on any atom is -0.379 e. The van der Waals surface area contributed by atoms with Crippen molar-refractivity contribution in [2.24, 2.45) is 0 Å². The van der Waals surface area contributed by atoms with Gasteiger partial charge >= 0.3 is 0 Å². The Bertz CT molecular complexity index is 687. The molecule has 0 radical (unpaired) electrons. The van der Waals surface area contributed by atoms with E-state index in [1.54, 1.807) is 0 Å². The van der Waals surface area contributed by atoms with E-state index in [2.05, 4.69) is 36.5 Å². The molecule has 25 heavy (non-hydrogen) atoms. The number of rotatable bonds is 6. The minimum atomic E-state index is -3.49. The van der Waals surface area contributed by atoms with E-state index in [-0.39, 0.29) is 5.41 Å². The maximum atomic E-state index is 12.8. The molecule has 2 rings (SSSR count). The van der Waals surface area contributed by atoms with Crippen molar-refractivity contribution in [3.63, 3.8) is 0 Å². The van der Waals surface area contributed by atoms with Crippen LogP contribution in [-0.4, -0.2) is 52.7 Å². The molecule has 1 aromatic rings. The number of ether oxygens (including phenoxy) is 1. The first-order valence-electron chi connectivity index (χ1n) is 9.03. The molecule has 1 aliphatic heterocycles. The van der Waals surface area contributed by atoms with Crippen LogP contribution >= 0.6 is 0 Å². The highest BCUT2D eigenvalue weighted by atomic mass is 32.2. The summed E-state index contributed by atoms with van der Waals surface area (Å²) < 4.78 is 33.7. The van der Waals surface area contributed by atoms with Crippen molar-refractivity contribution in [2.45, 2.75) is 51.3 Å². The van der Waals surface area contributed by atoms with Crippen LogP contribution in [0.4, 0.5) is 0 Å². The van der Waals surface area contributed by atoms with Crippen molar-refractivity contribution in [1.82, 2.24) is 9.62 Å². The van der Waals surface area contributed by atoms with Crippen LogP contribution in [0.3, 0.4) is 0 Å². The monoisotopic (exact) mass is 368 g/mol. The van der Waals surface area contributed by atoms with Crippen molar-refractivity contribution in [3.05, 3.63) is 28.8 Å². The van der Waals surface area contributed by atoms with E-state index < -0.39 is 10.0 Å². The zero-order chi connectivity index (χ0) is 18.7. The van der Waals surface area contributed by atoms with Crippen LogP contribution in [0.15, 0.2) is 17.0 Å². The molecule has 1 heterocycles. The highest BCUT2D eigenvalue weighted by Crippen LogP contribution is 2.29. The third-order valence-corrected chi connectivity index (χ3v) is 6.41. The molecule has 0 aliphatic carbocycles. The summed E-state index contributed by atoms with van der Waals surface area (Å²) in [6.07, 6.45) is 0.802. The molecule has 1 aliphatic rings. The van der Waals surface area contributed by atoms with Gasteiger partial charge in [0, 0.05) is 19.6 Å². The van der Waals surface area contributed by atoms with Crippen LogP contribution in [0.5, 0.6) is 0 Å². The third-order valence-electron chi connectivity index (χ3n) is 4.82. The third kappa shape index (κ3) is 5.51. The Morgan fingerprint density at radius 2 is 1.80 bits per heavy atom. The molecular formula is C19H32N2O3S. The largest absolute Gasteiger partial charge is 0.379 e. The first-order valence-corrected chi connectivity index (χ1v) is 10.5. The van der Waals surface area contributed by atoms with Gasteiger partial charge in [-0.2, -0.15) is 0 Å². The molecule has 1 saturated heterocycles. The Balaban J connectivity index is 2.04. The summed E-state index contributed by atoms with van der Waals surface area (Å²) in [5, 5.41) is 0. The van der Waals surface area contributed by atoms with Gasteiger partial charge in [0.05, 0.1) is 18.1 Å². The number of benzene rings is 1. The number of sulfonamides is 1. The Morgan fingerprint density at radius 3 is 2.40 bits per heavy atom. The number of aryl methyl sites for hydroxylation is 1. The number of hydrogen-bond acceptors (Lipinski definition) is 4. The summed E-state index contributed by atoms with van der Waals surface area (Å²) in [5.74, 6) is 0. The van der Waals surface area contributed by atoms with Gasteiger partial charge in [-0.1, -0.05) is 26.8 Å². The Morgan fingerprint density at radius 1 is 1.16 bits per heavy atom. The maximum Gasteiger partial charge on any atom is 0.240 e. The molecule has 0 unspecified atom stereocenters. The lowest BCUT2D eigenvalue weighted by Crippen LogP contribution is -2.38. The SMILES string of the molecule is Cc1cc(C(C)(C)C)cc(S(=O)(=O)NCCCN2CCOCC2)c1C. The van der Waals surface area contributed by atoms with Crippen molar-refractivity contribution >= 4 is 10.0 Å². The predicted octanol–water partition coefficient (Wildman–Crippen LogP) is 2.60. The van der Waals surface area contributed by atoms with Gasteiger partial charge in [0.15, 0.2) is 0 Å². The van der Waals surface area contributed by atoms with E-state index in [4.69, 9.17) is 4.74 Å². The first kappa shape index (κ1) is 20.4. The van der Waals surface area contributed by atoms with Crippen LogP contribution in [0.25, 0.3) is 0 Å². The molecule has 0 aromatic heterocycles. The van der Waals surface area contributed by atoms with Crippen LogP contribution in [-0.2, 0) is 20.2 Å². The quantitative estimate of drug-likeness (QED) is 0.784. The lowest BCUT2D eigenvalue weighted by atomic mass is 9.85. The van der Waals surface area contributed by atoms with E-state index in [1.807, 2.05) is 19.9 Å². The number of hydrogen-bond donors (Lipinski definition) is 1. The molecule has 0 saturated carbocycles. The van der Waals surface area contributed by atoms with Gasteiger partial charge < -0.3 is 4.74 Å². The molecule has 0 atom stereocenters. The van der Waals surface area contributed by atoms with Gasteiger partial charge in [0.2, 0.25) is 10.0 Å². The topological polar surface area (TPSA) is 58.6 Å². The van der Waals surface area contributed by atoms with Gasteiger partial charge in [-0.25, -0.2) is 13.1 Å². The second-order valence-corrected chi connectivity index (χ2v) is 9.61. The average molecular weight is 369 g/mol. The van der Waals surface area contributed by atoms with Crippen molar-refractivity contribution in [2.75, 3.05) is 39.4 Å². The summed E-state index contributed by atoms with van der Waals surface area (Å²) in [6, 6.07) is 3.92. The van der Waals surface area contributed by atoms with Crippen LogP contribution in [0.2, 0.25) is 0 Å². The molecule has 142 valence electrons. The van der Waals surface area contributed by atoms with Gasteiger partial charge in [-0.05, 0) is 55.0 Å². The Kier molecular flexibility index (Phi) is 6.65. The fourth-order valence-electron chi connectivity index (χ4n) is 2.95. The van der Waals surface area contributed by atoms with Crippen molar-refractivity contribution in [1.29, 1.82) is 0 Å². The summed E-state index contributed by atoms with van der Waals surface area (Å²) in [6.45, 7) is 14.9. The molecule has 1 N–H and O–H groups in total. The normalized spacial score (nSPS) is 17.0. The Hall–Kier alpha value is -0.950. The number of morpholine rings is 1. The van der Waals surface area contributed by atoms with Gasteiger partial charge in [-0.15, -0.1) is 0 Å². The fourth-order valence-corrected chi connectivity index (χ4v) is 4.37. The summed E-state index contributed by atoms with van der Waals surface area (Å²) in [7, 11) is -3.49. The van der Waals surface area contributed by atoms with Gasteiger partial charge in [-0.3, -0.25) is 4.90 Å². The zero-order valence-corrected chi connectivity index (χ0v) is 17.0. The van der Waals surface area contributed by atoms with Crippen molar-refractivity contribution in [3.8, 4) is 0 Å². The smallest absolute Gasteiger partial charge is 0.240 e. The van der Waals surface area contributed by atoms with Gasteiger partial charge in [0.1, 0.15) is 0 Å². The second kappa shape index (κ2) is 8.16. The summed E-state index contributed by atoms with van der Waals surface area (Å²) in [5.41, 5.74) is 2.80. The second-order valence-electron chi connectivity index (χ2n) is 7.87. The molecule has 1 aromatic carbocycles. The lowest BCUT2D eigenvalue weighted by Gasteiger charge is -2.26. The van der Waals surface area contributed by atoms with Crippen molar-refractivity contribution < 1.29 is 13.2 Å². The summed E-state index contributed by atoms with van der Waals surface area (Å²) in [4.78, 5) is 2.72. The molecule has 0 spiro atoms. The summed E-state index contributed by atoms with van der Waals surface area (Å²) >= 11 is 0. The molecule has 5 nitrogen and oxygen atoms in total. The maximum absolute atomic E-state index is 12.8. The van der Waals surface area contributed by atoms with Crippen LogP contribution in [0.1, 0.15) is 43.9 Å². The van der Waals surface area contributed by atoms with E-state index in [0.29, 0.717) is 11.4 Å². The van der Waals surface area contributed by atoms with E-state index in [1.165, 1.54) is 0 Å². The minimum absolute atomic E-state index is 0.0843. The van der Waals surface area contributed by atoms with E-state index in [9.17, 15) is 8.42 Å². The highest BCUT2D eigenvalue weighted by Gasteiger charge is 2.22. The molecule has 0 bridgehead atoms. The van der Waals surface area contributed by atoms with Crippen LogP contribution < -0.4 is 4.72 Å². The molecule has 1 fully saturated rings. The zero-order valence-electron chi connectivity index (χ0n) is 16.2. The van der Waals surface area contributed by atoms with Crippen LogP contribution in [0, 0.1) is 13.8 Å². The molecular weight excluding hydrogens is 336 g/mol. The van der Waals surface area contributed by atoms with E-state index >= 15 is 0 Å². The fraction of sp³-hybridized carbons (Fsp3) is 0.684. The standard InChI is InChI=1S/C19H32N2O3S/c1-15-13-17(19(3,4)5)14-18(16(15)2)25(22,23)20-7-6-8-21-9-11-24-12-10-21/h13-14,20H,6-12H2,1-5H3. The average Bonchev–Trinajstić information content (AvgIpc) is 2.54. The highest BCUT2D eigenvalue weighted by molar-refractivity contribution is 7.89. The first-order chi connectivity index (χ1) is 11.6.